The highest BCUT2D eigenvalue weighted by molar-refractivity contribution is 7.89. The molecule has 0 unspecified atom stereocenters. The molecule has 0 spiro atoms. The maximum Gasteiger partial charge on any atom is 0.244 e. The van der Waals surface area contributed by atoms with Crippen molar-refractivity contribution in [3.8, 4) is 5.75 Å². The van der Waals surface area contributed by atoms with Crippen LogP contribution in [0.5, 0.6) is 5.75 Å². The molecule has 2 aromatic rings. The number of rotatable bonds is 8. The van der Waals surface area contributed by atoms with Crippen molar-refractivity contribution in [3.05, 3.63) is 53.1 Å². The van der Waals surface area contributed by atoms with Crippen LogP contribution >= 0.6 is 0 Å². The molecule has 2 N–H and O–H groups in total. The highest BCUT2D eigenvalue weighted by Gasteiger charge is 2.21. The maximum absolute atomic E-state index is 12.6. The number of ether oxygens (including phenoxy) is 1. The second kappa shape index (κ2) is 9.01. The first-order chi connectivity index (χ1) is 12.8. The van der Waals surface area contributed by atoms with Crippen LogP contribution in [0.4, 0.5) is 5.69 Å². The number of carbonyl (C=O) groups excluding carboxylic acids is 1. The normalized spacial score (nSPS) is 11.3. The van der Waals surface area contributed by atoms with Crippen molar-refractivity contribution in [2.75, 3.05) is 19.0 Å². The summed E-state index contributed by atoms with van der Waals surface area (Å²) in [6.45, 7) is 5.45. The summed E-state index contributed by atoms with van der Waals surface area (Å²) in [5.41, 5.74) is 3.58. The van der Waals surface area contributed by atoms with E-state index in [4.69, 9.17) is 4.74 Å². The Morgan fingerprint density at radius 3 is 2.26 bits per heavy atom. The summed E-state index contributed by atoms with van der Waals surface area (Å²) in [4.78, 5) is 12.4. The Hall–Kier alpha value is -2.38. The van der Waals surface area contributed by atoms with E-state index >= 15 is 0 Å². The zero-order valence-corrected chi connectivity index (χ0v) is 16.9. The first kappa shape index (κ1) is 20.9. The van der Waals surface area contributed by atoms with Gasteiger partial charge in [-0.3, -0.25) is 4.79 Å². The van der Waals surface area contributed by atoms with Gasteiger partial charge in [-0.2, -0.15) is 0 Å². The number of anilines is 1. The molecule has 0 saturated carbocycles. The third-order valence-electron chi connectivity index (χ3n) is 4.29. The molecule has 0 aliphatic carbocycles. The lowest BCUT2D eigenvalue weighted by atomic mass is 10.0. The Kier molecular flexibility index (Phi) is 6.98. The van der Waals surface area contributed by atoms with E-state index in [1.54, 1.807) is 19.1 Å². The first-order valence-electron chi connectivity index (χ1n) is 8.87. The number of sulfonamides is 1. The largest absolute Gasteiger partial charge is 0.495 e. The van der Waals surface area contributed by atoms with E-state index in [2.05, 4.69) is 10.0 Å². The molecule has 0 bridgehead atoms. The van der Waals surface area contributed by atoms with Crippen LogP contribution in [0.15, 0.2) is 41.3 Å². The number of benzene rings is 2. The minimum absolute atomic E-state index is 0.0148. The van der Waals surface area contributed by atoms with Gasteiger partial charge in [-0.25, -0.2) is 13.1 Å². The van der Waals surface area contributed by atoms with Crippen molar-refractivity contribution < 1.29 is 17.9 Å². The van der Waals surface area contributed by atoms with Gasteiger partial charge in [0.1, 0.15) is 10.6 Å². The summed E-state index contributed by atoms with van der Waals surface area (Å²) in [6.07, 6.45) is 1.55. The summed E-state index contributed by atoms with van der Waals surface area (Å²) in [5, 5.41) is 2.85. The summed E-state index contributed by atoms with van der Waals surface area (Å²) >= 11 is 0. The molecule has 7 heteroatoms. The fourth-order valence-corrected chi connectivity index (χ4v) is 4.05. The zero-order chi connectivity index (χ0) is 20.0. The monoisotopic (exact) mass is 390 g/mol. The fraction of sp³-hybridized carbons (Fsp3) is 0.350. The van der Waals surface area contributed by atoms with Crippen LogP contribution in [-0.4, -0.2) is 28.0 Å². The zero-order valence-electron chi connectivity index (χ0n) is 16.1. The van der Waals surface area contributed by atoms with Crippen molar-refractivity contribution in [3.63, 3.8) is 0 Å². The molecule has 6 nitrogen and oxygen atoms in total. The minimum Gasteiger partial charge on any atom is -0.495 e. The van der Waals surface area contributed by atoms with Crippen LogP contribution in [0.2, 0.25) is 0 Å². The number of carbonyl (C=O) groups is 1. The van der Waals surface area contributed by atoms with Gasteiger partial charge in [0.05, 0.1) is 13.7 Å². The van der Waals surface area contributed by atoms with Gasteiger partial charge in [0.15, 0.2) is 0 Å². The molecule has 0 aliphatic rings. The molecule has 0 saturated heterocycles. The fourth-order valence-electron chi connectivity index (χ4n) is 2.82. The van der Waals surface area contributed by atoms with E-state index in [1.807, 2.05) is 32.0 Å². The van der Waals surface area contributed by atoms with E-state index < -0.39 is 15.9 Å². The average molecular weight is 391 g/mol. The number of nitrogens with one attached hydrogen (secondary N) is 2. The summed E-state index contributed by atoms with van der Waals surface area (Å²) in [5.74, 6) is -0.182. The van der Waals surface area contributed by atoms with Crippen LogP contribution in [0, 0.1) is 6.92 Å². The molecule has 27 heavy (non-hydrogen) atoms. The lowest BCUT2D eigenvalue weighted by Crippen LogP contribution is -2.33. The van der Waals surface area contributed by atoms with Gasteiger partial charge in [0, 0.05) is 5.69 Å². The van der Waals surface area contributed by atoms with Gasteiger partial charge in [-0.15, -0.1) is 0 Å². The minimum atomic E-state index is -3.88. The molecular formula is C20H26N2O4S. The number of aryl methyl sites for hydroxylation is 3. The third kappa shape index (κ3) is 5.08. The molecule has 0 aliphatic heterocycles. The SMILES string of the molecule is CCc1cccc(CC)c1NC(=O)CNS(=O)(=O)c1cc(C)ccc1OC. The van der Waals surface area contributed by atoms with Crippen LogP contribution < -0.4 is 14.8 Å². The van der Waals surface area contributed by atoms with Crippen molar-refractivity contribution in [2.45, 2.75) is 38.5 Å². The lowest BCUT2D eigenvalue weighted by Gasteiger charge is -2.15. The molecule has 0 heterocycles. The Morgan fingerprint density at radius 1 is 1.07 bits per heavy atom. The van der Waals surface area contributed by atoms with E-state index in [9.17, 15) is 13.2 Å². The maximum atomic E-state index is 12.6. The molecule has 2 aromatic carbocycles. The first-order valence-corrected chi connectivity index (χ1v) is 10.4. The van der Waals surface area contributed by atoms with Crippen LogP contribution in [0.25, 0.3) is 0 Å². The second-order valence-electron chi connectivity index (χ2n) is 6.19. The van der Waals surface area contributed by atoms with Gasteiger partial charge in [0.25, 0.3) is 0 Å². The smallest absolute Gasteiger partial charge is 0.244 e. The van der Waals surface area contributed by atoms with E-state index in [-0.39, 0.29) is 17.2 Å². The third-order valence-corrected chi connectivity index (χ3v) is 5.72. The predicted octanol–water partition coefficient (Wildman–Crippen LogP) is 3.05. The summed E-state index contributed by atoms with van der Waals surface area (Å²) in [7, 11) is -2.47. The van der Waals surface area contributed by atoms with Gasteiger partial charge in [-0.05, 0) is 48.6 Å². The van der Waals surface area contributed by atoms with Crippen LogP contribution in [0.3, 0.4) is 0 Å². The number of hydrogen-bond donors (Lipinski definition) is 2. The highest BCUT2D eigenvalue weighted by Crippen LogP contribution is 2.25. The number of hydrogen-bond acceptors (Lipinski definition) is 4. The van der Waals surface area contributed by atoms with Gasteiger partial charge < -0.3 is 10.1 Å². The second-order valence-corrected chi connectivity index (χ2v) is 7.92. The standard InChI is InChI=1S/C20H26N2O4S/c1-5-15-8-7-9-16(6-2)20(15)22-19(23)13-21-27(24,25)18-12-14(3)10-11-17(18)26-4/h7-12,21H,5-6,13H2,1-4H3,(H,22,23). The number of amides is 1. The summed E-state index contributed by atoms with van der Waals surface area (Å²) in [6, 6.07) is 10.7. The van der Waals surface area contributed by atoms with E-state index in [0.29, 0.717) is 0 Å². The lowest BCUT2D eigenvalue weighted by molar-refractivity contribution is -0.115. The average Bonchev–Trinajstić information content (AvgIpc) is 2.66. The molecule has 0 radical (unpaired) electrons. The number of methoxy groups -OCH3 is 1. The van der Waals surface area contributed by atoms with Crippen molar-refractivity contribution in [1.29, 1.82) is 0 Å². The Bertz CT molecular complexity index is 901. The highest BCUT2D eigenvalue weighted by atomic mass is 32.2. The molecular weight excluding hydrogens is 364 g/mol. The molecule has 0 aromatic heterocycles. The molecule has 2 rings (SSSR count). The Morgan fingerprint density at radius 2 is 1.70 bits per heavy atom. The van der Waals surface area contributed by atoms with Crippen molar-refractivity contribution in [1.82, 2.24) is 4.72 Å². The predicted molar refractivity (Wildman–Crippen MR) is 107 cm³/mol. The van der Waals surface area contributed by atoms with Gasteiger partial charge in [0.2, 0.25) is 15.9 Å². The topological polar surface area (TPSA) is 84.5 Å². The van der Waals surface area contributed by atoms with Crippen LogP contribution in [0.1, 0.15) is 30.5 Å². The Balaban J connectivity index is 2.15. The summed E-state index contributed by atoms with van der Waals surface area (Å²) < 4.78 is 32.7. The molecule has 1 amide bonds. The molecule has 0 atom stereocenters. The van der Waals surface area contributed by atoms with E-state index in [0.717, 1.165) is 35.2 Å². The number of para-hydroxylation sites is 1. The quantitative estimate of drug-likeness (QED) is 0.726. The van der Waals surface area contributed by atoms with Gasteiger partial charge >= 0.3 is 0 Å². The van der Waals surface area contributed by atoms with E-state index in [1.165, 1.54) is 13.2 Å². The van der Waals surface area contributed by atoms with Crippen molar-refractivity contribution in [2.24, 2.45) is 0 Å². The molecule has 0 fully saturated rings. The van der Waals surface area contributed by atoms with Crippen molar-refractivity contribution >= 4 is 21.6 Å². The van der Waals surface area contributed by atoms with Gasteiger partial charge in [-0.1, -0.05) is 38.1 Å². The van der Waals surface area contributed by atoms with Crippen LogP contribution in [-0.2, 0) is 27.7 Å². The Labute approximate surface area is 161 Å². The molecule has 146 valence electrons.